The maximum absolute atomic E-state index is 12.9. The highest BCUT2D eigenvalue weighted by Crippen LogP contribution is 2.27. The minimum atomic E-state index is -3.73. The van der Waals surface area contributed by atoms with Gasteiger partial charge in [-0.25, -0.2) is 8.42 Å². The zero-order valence-corrected chi connectivity index (χ0v) is 15.6. The molecule has 0 aliphatic rings. The first-order valence-electron chi connectivity index (χ1n) is 7.98. The summed E-state index contributed by atoms with van der Waals surface area (Å²) >= 11 is 0. The Morgan fingerprint density at radius 3 is 2.17 bits per heavy atom. The van der Waals surface area contributed by atoms with Crippen molar-refractivity contribution in [2.24, 2.45) is 0 Å². The number of aryl methyl sites for hydroxylation is 3. The van der Waals surface area contributed by atoms with Gasteiger partial charge >= 0.3 is 0 Å². The van der Waals surface area contributed by atoms with Crippen molar-refractivity contribution in [2.75, 3.05) is 4.72 Å². The SMILES string of the molecule is CCCn1cc(NS(=O)(=O)c2c(C)c(C)cc(C)c2C)ccc1=O. The fourth-order valence-electron chi connectivity index (χ4n) is 2.80. The summed E-state index contributed by atoms with van der Waals surface area (Å²) in [5.41, 5.74) is 3.61. The number of nitrogens with zero attached hydrogens (tertiary/aromatic N) is 1. The van der Waals surface area contributed by atoms with Crippen molar-refractivity contribution in [3.8, 4) is 0 Å². The van der Waals surface area contributed by atoms with Gasteiger partial charge in [-0.3, -0.25) is 9.52 Å². The van der Waals surface area contributed by atoms with E-state index < -0.39 is 10.0 Å². The smallest absolute Gasteiger partial charge is 0.262 e. The highest BCUT2D eigenvalue weighted by Gasteiger charge is 2.22. The fourth-order valence-corrected chi connectivity index (χ4v) is 4.46. The van der Waals surface area contributed by atoms with Gasteiger partial charge in [0.15, 0.2) is 0 Å². The maximum Gasteiger partial charge on any atom is 0.262 e. The first kappa shape index (κ1) is 18.3. The fraction of sp³-hybridized carbons (Fsp3) is 0.389. The third-order valence-corrected chi connectivity index (χ3v) is 5.92. The van der Waals surface area contributed by atoms with Gasteiger partial charge in [0.1, 0.15) is 0 Å². The molecule has 0 unspecified atom stereocenters. The predicted octanol–water partition coefficient (Wildman–Crippen LogP) is 3.29. The average molecular weight is 348 g/mol. The van der Waals surface area contributed by atoms with E-state index in [0.717, 1.165) is 28.7 Å². The third kappa shape index (κ3) is 3.53. The van der Waals surface area contributed by atoms with E-state index in [0.29, 0.717) is 17.1 Å². The van der Waals surface area contributed by atoms with Crippen molar-refractivity contribution in [2.45, 2.75) is 52.5 Å². The van der Waals surface area contributed by atoms with Crippen molar-refractivity contribution < 1.29 is 8.42 Å². The molecule has 0 radical (unpaired) electrons. The molecule has 0 fully saturated rings. The normalized spacial score (nSPS) is 11.5. The monoisotopic (exact) mass is 348 g/mol. The molecule has 130 valence electrons. The molecule has 6 heteroatoms. The Labute approximate surface area is 143 Å². The number of hydrogen-bond donors (Lipinski definition) is 1. The Hall–Kier alpha value is -2.08. The van der Waals surface area contributed by atoms with Crippen LogP contribution >= 0.6 is 0 Å². The number of sulfonamides is 1. The Balaban J connectivity index is 2.51. The first-order chi connectivity index (χ1) is 11.2. The molecule has 1 N–H and O–H groups in total. The second kappa shape index (κ2) is 6.81. The van der Waals surface area contributed by atoms with Crippen LogP contribution in [0.25, 0.3) is 0 Å². The zero-order valence-electron chi connectivity index (χ0n) is 14.8. The summed E-state index contributed by atoms with van der Waals surface area (Å²) in [5, 5.41) is 0. The van der Waals surface area contributed by atoms with Crippen LogP contribution in [0, 0.1) is 27.7 Å². The molecule has 0 bridgehead atoms. The van der Waals surface area contributed by atoms with Crippen molar-refractivity contribution in [3.05, 3.63) is 57.0 Å². The van der Waals surface area contributed by atoms with Gasteiger partial charge in [0.05, 0.1) is 10.6 Å². The van der Waals surface area contributed by atoms with Crippen LogP contribution in [0.15, 0.2) is 34.1 Å². The number of hydrogen-bond acceptors (Lipinski definition) is 3. The highest BCUT2D eigenvalue weighted by molar-refractivity contribution is 7.92. The van der Waals surface area contributed by atoms with Crippen molar-refractivity contribution in [3.63, 3.8) is 0 Å². The molecule has 0 atom stereocenters. The molecule has 1 heterocycles. The van der Waals surface area contributed by atoms with Gasteiger partial charge in [-0.15, -0.1) is 0 Å². The van der Waals surface area contributed by atoms with E-state index in [2.05, 4.69) is 4.72 Å². The summed E-state index contributed by atoms with van der Waals surface area (Å²) in [5.74, 6) is 0. The molecule has 1 aromatic carbocycles. The van der Waals surface area contributed by atoms with Crippen LogP contribution < -0.4 is 10.3 Å². The first-order valence-corrected chi connectivity index (χ1v) is 9.46. The van der Waals surface area contributed by atoms with Crippen LogP contribution in [-0.2, 0) is 16.6 Å². The molecule has 0 spiro atoms. The minimum Gasteiger partial charge on any atom is -0.313 e. The zero-order chi connectivity index (χ0) is 18.1. The molecule has 0 saturated carbocycles. The summed E-state index contributed by atoms with van der Waals surface area (Å²) in [6.45, 7) is 9.95. The Morgan fingerprint density at radius 1 is 1.04 bits per heavy atom. The van der Waals surface area contributed by atoms with Gasteiger partial charge in [0, 0.05) is 18.8 Å². The van der Waals surface area contributed by atoms with E-state index in [4.69, 9.17) is 0 Å². The molecule has 0 aliphatic heterocycles. The second-order valence-electron chi connectivity index (χ2n) is 6.14. The Morgan fingerprint density at radius 2 is 1.62 bits per heavy atom. The number of pyridine rings is 1. The van der Waals surface area contributed by atoms with E-state index >= 15 is 0 Å². The number of rotatable bonds is 5. The van der Waals surface area contributed by atoms with E-state index in [-0.39, 0.29) is 5.56 Å². The van der Waals surface area contributed by atoms with Gasteiger partial charge in [-0.1, -0.05) is 13.0 Å². The number of anilines is 1. The molecule has 2 aromatic rings. The molecular weight excluding hydrogens is 324 g/mol. The molecule has 0 aliphatic carbocycles. The summed E-state index contributed by atoms with van der Waals surface area (Å²) in [4.78, 5) is 12.1. The number of nitrogens with one attached hydrogen (secondary N) is 1. The topological polar surface area (TPSA) is 68.2 Å². The lowest BCUT2D eigenvalue weighted by atomic mass is 10.0. The van der Waals surface area contributed by atoms with Crippen molar-refractivity contribution in [1.82, 2.24) is 4.57 Å². The number of benzene rings is 1. The van der Waals surface area contributed by atoms with Crippen LogP contribution in [-0.4, -0.2) is 13.0 Å². The molecule has 2 rings (SSSR count). The quantitative estimate of drug-likeness (QED) is 0.901. The molecule has 0 amide bonds. The van der Waals surface area contributed by atoms with Gasteiger partial charge in [0.25, 0.3) is 15.6 Å². The molecule has 5 nitrogen and oxygen atoms in total. The lowest BCUT2D eigenvalue weighted by molar-refractivity contribution is 0.599. The maximum atomic E-state index is 12.9. The summed E-state index contributed by atoms with van der Waals surface area (Å²) in [7, 11) is -3.73. The van der Waals surface area contributed by atoms with Crippen LogP contribution in [0.4, 0.5) is 5.69 Å². The molecule has 24 heavy (non-hydrogen) atoms. The van der Waals surface area contributed by atoms with Gasteiger partial charge in [-0.05, 0) is 62.4 Å². The number of aromatic nitrogens is 1. The second-order valence-corrected chi connectivity index (χ2v) is 7.76. The van der Waals surface area contributed by atoms with Gasteiger partial charge in [0.2, 0.25) is 0 Å². The van der Waals surface area contributed by atoms with Crippen LogP contribution in [0.2, 0.25) is 0 Å². The predicted molar refractivity (Wildman–Crippen MR) is 97.2 cm³/mol. The lowest BCUT2D eigenvalue weighted by Gasteiger charge is -2.17. The summed E-state index contributed by atoms with van der Waals surface area (Å²) in [6.07, 6.45) is 2.35. The van der Waals surface area contributed by atoms with Crippen LogP contribution in [0.3, 0.4) is 0 Å². The van der Waals surface area contributed by atoms with Crippen LogP contribution in [0.5, 0.6) is 0 Å². The van der Waals surface area contributed by atoms with E-state index in [1.54, 1.807) is 6.20 Å². The minimum absolute atomic E-state index is 0.140. The molecule has 1 aromatic heterocycles. The molecular formula is C18H24N2O3S. The molecule has 0 saturated heterocycles. The lowest BCUT2D eigenvalue weighted by Crippen LogP contribution is -2.21. The van der Waals surface area contributed by atoms with E-state index in [9.17, 15) is 13.2 Å². The largest absolute Gasteiger partial charge is 0.313 e. The summed E-state index contributed by atoms with van der Waals surface area (Å²) < 4.78 is 29.9. The standard InChI is InChI=1S/C18H24N2O3S/c1-6-9-20-11-16(7-8-17(20)21)19-24(22,23)18-14(4)12(2)10-13(3)15(18)5/h7-8,10-11,19H,6,9H2,1-5H3. The Kier molecular flexibility index (Phi) is 5.18. The van der Waals surface area contributed by atoms with Crippen LogP contribution in [0.1, 0.15) is 35.6 Å². The average Bonchev–Trinajstić information content (AvgIpc) is 2.48. The van der Waals surface area contributed by atoms with E-state index in [1.807, 2.05) is 40.7 Å². The van der Waals surface area contributed by atoms with Crippen molar-refractivity contribution in [1.29, 1.82) is 0 Å². The summed E-state index contributed by atoms with van der Waals surface area (Å²) in [6, 6.07) is 4.87. The van der Waals surface area contributed by atoms with Crippen molar-refractivity contribution >= 4 is 15.7 Å². The highest BCUT2D eigenvalue weighted by atomic mass is 32.2. The van der Waals surface area contributed by atoms with Gasteiger partial charge in [-0.2, -0.15) is 0 Å². The van der Waals surface area contributed by atoms with Gasteiger partial charge < -0.3 is 4.57 Å². The third-order valence-electron chi connectivity index (χ3n) is 4.27. The van der Waals surface area contributed by atoms with E-state index in [1.165, 1.54) is 16.7 Å². The Bertz CT molecular complexity index is 902.